The predicted octanol–water partition coefficient (Wildman–Crippen LogP) is 0.527. The molecule has 2 unspecified atom stereocenters. The van der Waals surface area contributed by atoms with Gasteiger partial charge >= 0.3 is 5.97 Å². The first-order chi connectivity index (χ1) is 7.07. The van der Waals surface area contributed by atoms with E-state index in [1.54, 1.807) is 0 Å². The first-order valence-corrected chi connectivity index (χ1v) is 5.70. The molecule has 0 bridgehead atoms. The highest BCUT2D eigenvalue weighted by Gasteiger charge is 2.28. The number of esters is 1. The quantitative estimate of drug-likeness (QED) is 0.655. The van der Waals surface area contributed by atoms with Crippen LogP contribution in [0.3, 0.4) is 0 Å². The van der Waals surface area contributed by atoms with Crippen LogP contribution in [0.4, 0.5) is 0 Å². The number of ether oxygens (including phenoxy) is 1. The molecule has 0 aromatic heterocycles. The van der Waals surface area contributed by atoms with Crippen LogP contribution in [0.15, 0.2) is 0 Å². The maximum Gasteiger partial charge on any atom is 0.309 e. The number of carbonyl (C=O) groups excluding carboxylic acids is 1. The van der Waals surface area contributed by atoms with Gasteiger partial charge in [-0.2, -0.15) is 0 Å². The standard InChI is InChI=1S/C11H22N2O2/c1-4-15-10(14)9(2)7-13-11(3)5-6-12-8-11/h9,12-13H,4-8H2,1-3H3. The van der Waals surface area contributed by atoms with Gasteiger partial charge in [0, 0.05) is 18.6 Å². The van der Waals surface area contributed by atoms with Crippen molar-refractivity contribution in [2.75, 3.05) is 26.2 Å². The smallest absolute Gasteiger partial charge is 0.309 e. The average Bonchev–Trinajstić information content (AvgIpc) is 2.63. The van der Waals surface area contributed by atoms with Gasteiger partial charge in [-0.15, -0.1) is 0 Å². The average molecular weight is 214 g/mol. The molecule has 1 aliphatic rings. The minimum atomic E-state index is -0.112. The monoisotopic (exact) mass is 214 g/mol. The summed E-state index contributed by atoms with van der Waals surface area (Å²) in [6, 6.07) is 0. The second-order valence-corrected chi connectivity index (χ2v) is 4.52. The maximum absolute atomic E-state index is 11.4. The zero-order valence-electron chi connectivity index (χ0n) is 9.93. The molecule has 0 aliphatic carbocycles. The summed E-state index contributed by atoms with van der Waals surface area (Å²) in [4.78, 5) is 11.4. The third-order valence-electron chi connectivity index (χ3n) is 2.89. The molecule has 4 nitrogen and oxygen atoms in total. The highest BCUT2D eigenvalue weighted by atomic mass is 16.5. The molecule has 1 heterocycles. The van der Waals surface area contributed by atoms with Gasteiger partial charge in [-0.3, -0.25) is 4.79 Å². The summed E-state index contributed by atoms with van der Waals surface area (Å²) in [5, 5.41) is 6.75. The molecule has 2 N–H and O–H groups in total. The number of hydrogen-bond donors (Lipinski definition) is 2. The van der Waals surface area contributed by atoms with Gasteiger partial charge in [0.15, 0.2) is 0 Å². The highest BCUT2D eigenvalue weighted by molar-refractivity contribution is 5.72. The second kappa shape index (κ2) is 5.47. The Bertz CT molecular complexity index is 213. The predicted molar refractivity (Wildman–Crippen MR) is 59.7 cm³/mol. The van der Waals surface area contributed by atoms with E-state index >= 15 is 0 Å². The molecule has 15 heavy (non-hydrogen) atoms. The van der Waals surface area contributed by atoms with Crippen LogP contribution < -0.4 is 10.6 Å². The molecule has 4 heteroatoms. The van der Waals surface area contributed by atoms with Crippen LogP contribution in [0.25, 0.3) is 0 Å². The Hall–Kier alpha value is -0.610. The fourth-order valence-corrected chi connectivity index (χ4v) is 1.74. The van der Waals surface area contributed by atoms with Crippen molar-refractivity contribution in [2.45, 2.75) is 32.7 Å². The van der Waals surface area contributed by atoms with E-state index in [0.29, 0.717) is 13.2 Å². The molecule has 1 saturated heterocycles. The number of nitrogens with one attached hydrogen (secondary N) is 2. The van der Waals surface area contributed by atoms with Crippen molar-refractivity contribution in [2.24, 2.45) is 5.92 Å². The van der Waals surface area contributed by atoms with Crippen molar-refractivity contribution in [1.82, 2.24) is 10.6 Å². The van der Waals surface area contributed by atoms with E-state index in [-0.39, 0.29) is 17.4 Å². The molecule has 1 rings (SSSR count). The van der Waals surface area contributed by atoms with Crippen molar-refractivity contribution >= 4 is 5.97 Å². The molecule has 0 radical (unpaired) electrons. The van der Waals surface area contributed by atoms with E-state index in [1.165, 1.54) is 0 Å². The van der Waals surface area contributed by atoms with Crippen molar-refractivity contribution in [1.29, 1.82) is 0 Å². The maximum atomic E-state index is 11.4. The molecule has 2 atom stereocenters. The number of carbonyl (C=O) groups is 1. The summed E-state index contributed by atoms with van der Waals surface area (Å²) in [5.41, 5.74) is 0.140. The van der Waals surface area contributed by atoms with Crippen LogP contribution in [0, 0.1) is 5.92 Å². The largest absolute Gasteiger partial charge is 0.466 e. The number of hydrogen-bond acceptors (Lipinski definition) is 4. The van der Waals surface area contributed by atoms with Crippen LogP contribution in [-0.2, 0) is 9.53 Å². The Balaban J connectivity index is 2.26. The Labute approximate surface area is 91.8 Å². The van der Waals surface area contributed by atoms with E-state index in [2.05, 4.69) is 17.6 Å². The third-order valence-corrected chi connectivity index (χ3v) is 2.89. The van der Waals surface area contributed by atoms with Gasteiger partial charge < -0.3 is 15.4 Å². The lowest BCUT2D eigenvalue weighted by Gasteiger charge is -2.26. The summed E-state index contributed by atoms with van der Waals surface area (Å²) < 4.78 is 4.96. The van der Waals surface area contributed by atoms with Gasteiger partial charge in [-0.1, -0.05) is 6.92 Å². The summed E-state index contributed by atoms with van der Waals surface area (Å²) in [7, 11) is 0. The lowest BCUT2D eigenvalue weighted by molar-refractivity contribution is -0.147. The van der Waals surface area contributed by atoms with Crippen LogP contribution >= 0.6 is 0 Å². The summed E-state index contributed by atoms with van der Waals surface area (Å²) in [5.74, 6) is -0.179. The first kappa shape index (κ1) is 12.5. The van der Waals surface area contributed by atoms with Crippen LogP contribution in [0.2, 0.25) is 0 Å². The van der Waals surface area contributed by atoms with Gasteiger partial charge in [0.25, 0.3) is 0 Å². The van der Waals surface area contributed by atoms with Crippen molar-refractivity contribution in [3.8, 4) is 0 Å². The normalized spacial score (nSPS) is 27.7. The van der Waals surface area contributed by atoms with E-state index in [9.17, 15) is 4.79 Å². The molecular weight excluding hydrogens is 192 g/mol. The number of rotatable bonds is 5. The molecule has 0 saturated carbocycles. The Morgan fingerprint density at radius 3 is 2.93 bits per heavy atom. The van der Waals surface area contributed by atoms with Gasteiger partial charge in [0.2, 0.25) is 0 Å². The van der Waals surface area contributed by atoms with Crippen molar-refractivity contribution in [3.63, 3.8) is 0 Å². The molecule has 1 aliphatic heterocycles. The Kier molecular flexibility index (Phi) is 4.54. The first-order valence-electron chi connectivity index (χ1n) is 5.70. The van der Waals surface area contributed by atoms with Gasteiger partial charge in [-0.05, 0) is 26.8 Å². The fourth-order valence-electron chi connectivity index (χ4n) is 1.74. The van der Waals surface area contributed by atoms with E-state index in [0.717, 1.165) is 19.5 Å². The lowest BCUT2D eigenvalue weighted by atomic mass is 10.0. The minimum Gasteiger partial charge on any atom is -0.466 e. The highest BCUT2D eigenvalue weighted by Crippen LogP contribution is 2.13. The molecule has 0 amide bonds. The molecule has 0 spiro atoms. The Morgan fingerprint density at radius 1 is 1.67 bits per heavy atom. The summed E-state index contributed by atoms with van der Waals surface area (Å²) in [6.45, 7) is 9.10. The van der Waals surface area contributed by atoms with Crippen LogP contribution in [0.5, 0.6) is 0 Å². The fraction of sp³-hybridized carbons (Fsp3) is 0.909. The minimum absolute atomic E-state index is 0.0672. The summed E-state index contributed by atoms with van der Waals surface area (Å²) >= 11 is 0. The molecule has 0 aromatic carbocycles. The van der Waals surface area contributed by atoms with E-state index in [4.69, 9.17) is 4.74 Å². The zero-order valence-corrected chi connectivity index (χ0v) is 9.93. The second-order valence-electron chi connectivity index (χ2n) is 4.52. The molecule has 0 aromatic rings. The van der Waals surface area contributed by atoms with Gasteiger partial charge in [0.05, 0.1) is 12.5 Å². The van der Waals surface area contributed by atoms with Crippen LogP contribution in [0.1, 0.15) is 27.2 Å². The van der Waals surface area contributed by atoms with Gasteiger partial charge in [-0.25, -0.2) is 0 Å². The van der Waals surface area contributed by atoms with Crippen LogP contribution in [-0.4, -0.2) is 37.7 Å². The van der Waals surface area contributed by atoms with E-state index < -0.39 is 0 Å². The Morgan fingerprint density at radius 2 is 2.40 bits per heavy atom. The molecule has 1 fully saturated rings. The molecule has 88 valence electrons. The van der Waals surface area contributed by atoms with Crippen molar-refractivity contribution < 1.29 is 9.53 Å². The van der Waals surface area contributed by atoms with Gasteiger partial charge in [0.1, 0.15) is 0 Å². The third kappa shape index (κ3) is 3.80. The van der Waals surface area contributed by atoms with E-state index in [1.807, 2.05) is 13.8 Å². The molecular formula is C11H22N2O2. The van der Waals surface area contributed by atoms with Crippen molar-refractivity contribution in [3.05, 3.63) is 0 Å². The zero-order chi connectivity index (χ0) is 11.3. The summed E-state index contributed by atoms with van der Waals surface area (Å²) in [6.07, 6.45) is 1.11. The lowest BCUT2D eigenvalue weighted by Crippen LogP contribution is -2.47. The topological polar surface area (TPSA) is 50.4 Å². The SMILES string of the molecule is CCOC(=O)C(C)CNC1(C)CCNC1.